The van der Waals surface area contributed by atoms with Crippen LogP contribution in [0.1, 0.15) is 206 Å². The van der Waals surface area contributed by atoms with E-state index in [9.17, 15) is 43.3 Å². The Bertz CT molecular complexity index is 1200. The molecule has 1 amide bonds. The van der Waals surface area contributed by atoms with E-state index in [1.54, 1.807) is 0 Å². The number of ether oxygens (including phenoxy) is 2. The highest BCUT2D eigenvalue weighted by Crippen LogP contribution is 2.26. The van der Waals surface area contributed by atoms with Gasteiger partial charge in [0.15, 0.2) is 6.29 Å². The molecule has 1 saturated heterocycles. The Hall–Kier alpha value is -1.46. The fraction of sp³-hybridized carbons (Fsp3) is 0.894. The van der Waals surface area contributed by atoms with Crippen LogP contribution in [0.3, 0.4) is 0 Å². The van der Waals surface area contributed by atoms with Crippen molar-refractivity contribution in [1.82, 2.24) is 5.32 Å². The highest BCUT2D eigenvalue weighted by molar-refractivity contribution is 7.80. The van der Waals surface area contributed by atoms with Gasteiger partial charge < -0.3 is 40.3 Å². The van der Waals surface area contributed by atoms with Crippen molar-refractivity contribution < 1.29 is 57.0 Å². The predicted octanol–water partition coefficient (Wildman–Crippen LogP) is 8.69. The third-order valence-electron chi connectivity index (χ3n) is 11.6. The van der Waals surface area contributed by atoms with E-state index in [4.69, 9.17) is 9.47 Å². The van der Waals surface area contributed by atoms with E-state index in [1.165, 1.54) is 128 Å². The largest absolute Gasteiger partial charge is 0.397 e. The molecule has 8 unspecified atom stereocenters. The summed E-state index contributed by atoms with van der Waals surface area (Å²) in [7, 11) is -5.12. The number of carbonyl (C=O) groups excluding carboxylic acids is 1. The summed E-state index contributed by atoms with van der Waals surface area (Å²) in [5.74, 6) is -0.712. The van der Waals surface area contributed by atoms with E-state index in [2.05, 4.69) is 35.5 Å². The number of carbonyl (C=O) groups is 1. The molecule has 14 heteroatoms. The standard InChI is InChI=1S/C47H89NO12S/c1-3-5-7-9-11-13-15-16-17-18-19-20-21-22-23-24-26-27-29-31-33-35-40(50)39(38-58-47-44(53)45(60-61(55,56)57)43(52)42(37-49)59-47)48-46(54)41(51)36-34-32-30-28-25-14-12-10-8-6-4-2/h12,14,33,35,39-45,47,49-53H,3-11,13,15-32,34,36-38H2,1-2H3,(H,48,54)(H,55,56,57)/b14-12-,35-33+. The molecule has 1 aliphatic heterocycles. The van der Waals surface area contributed by atoms with Gasteiger partial charge in [0.05, 0.1) is 25.4 Å². The second kappa shape index (κ2) is 37.9. The number of rotatable bonds is 41. The predicted molar refractivity (Wildman–Crippen MR) is 242 cm³/mol. The molecule has 0 bridgehead atoms. The van der Waals surface area contributed by atoms with Crippen molar-refractivity contribution in [3.8, 4) is 0 Å². The fourth-order valence-electron chi connectivity index (χ4n) is 7.69. The molecule has 1 aliphatic rings. The van der Waals surface area contributed by atoms with E-state index in [-0.39, 0.29) is 6.42 Å². The van der Waals surface area contributed by atoms with Gasteiger partial charge in [0.1, 0.15) is 30.5 Å². The van der Waals surface area contributed by atoms with Crippen LogP contribution in [0.25, 0.3) is 0 Å². The maximum absolute atomic E-state index is 13.1. The first-order valence-corrected chi connectivity index (χ1v) is 25.7. The summed E-state index contributed by atoms with van der Waals surface area (Å²) in [4.78, 5) is 13.1. The zero-order valence-electron chi connectivity index (χ0n) is 38.1. The summed E-state index contributed by atoms with van der Waals surface area (Å²) >= 11 is 0. The zero-order valence-corrected chi connectivity index (χ0v) is 38.9. The molecule has 0 aromatic heterocycles. The molecule has 61 heavy (non-hydrogen) atoms. The lowest BCUT2D eigenvalue weighted by Crippen LogP contribution is -2.61. The van der Waals surface area contributed by atoms with E-state index in [0.29, 0.717) is 12.8 Å². The van der Waals surface area contributed by atoms with Crippen molar-refractivity contribution in [1.29, 1.82) is 0 Å². The number of amides is 1. The van der Waals surface area contributed by atoms with Crippen molar-refractivity contribution in [3.63, 3.8) is 0 Å². The summed E-state index contributed by atoms with van der Waals surface area (Å²) in [6.45, 7) is 3.19. The molecular formula is C47H89NO12S. The minimum absolute atomic E-state index is 0.229. The van der Waals surface area contributed by atoms with Crippen LogP contribution in [-0.4, -0.2) is 107 Å². The molecule has 1 rings (SSSR count). The normalized spacial score (nSPS) is 21.3. The Kier molecular flexibility index (Phi) is 35.7. The molecule has 1 heterocycles. The average Bonchev–Trinajstić information content (AvgIpc) is 3.23. The van der Waals surface area contributed by atoms with Crippen LogP contribution in [0.5, 0.6) is 0 Å². The molecule has 360 valence electrons. The van der Waals surface area contributed by atoms with Crippen LogP contribution in [0, 0.1) is 0 Å². The zero-order chi connectivity index (χ0) is 45.0. The van der Waals surface area contributed by atoms with Gasteiger partial charge in [0, 0.05) is 0 Å². The molecule has 7 N–H and O–H groups in total. The molecule has 0 spiro atoms. The lowest BCUT2D eigenvalue weighted by Gasteiger charge is -2.41. The number of nitrogens with one attached hydrogen (secondary N) is 1. The van der Waals surface area contributed by atoms with Crippen molar-refractivity contribution >= 4 is 16.3 Å². The van der Waals surface area contributed by atoms with Crippen LogP contribution in [-0.2, 0) is 28.9 Å². The summed E-state index contributed by atoms with van der Waals surface area (Å²) in [5, 5.41) is 55.2. The lowest BCUT2D eigenvalue weighted by atomic mass is 9.99. The van der Waals surface area contributed by atoms with E-state index in [1.807, 2.05) is 6.08 Å². The number of aliphatic hydroxyl groups is 5. The highest BCUT2D eigenvalue weighted by atomic mass is 32.3. The van der Waals surface area contributed by atoms with Gasteiger partial charge in [-0.05, 0) is 44.9 Å². The fourth-order valence-corrected chi connectivity index (χ4v) is 8.20. The van der Waals surface area contributed by atoms with Crippen LogP contribution < -0.4 is 5.32 Å². The number of aliphatic hydroxyl groups excluding tert-OH is 5. The SMILES string of the molecule is CCCCC/C=C\CCCCCCC(O)C(=O)NC(COC1OC(CO)C(O)C(OS(=O)(=O)O)C1O)C(O)/C=C/CCCCCCCCCCCCCCCCCCCCC. The highest BCUT2D eigenvalue weighted by Gasteiger charge is 2.48. The van der Waals surface area contributed by atoms with E-state index in [0.717, 1.165) is 51.4 Å². The van der Waals surface area contributed by atoms with E-state index >= 15 is 0 Å². The summed E-state index contributed by atoms with van der Waals surface area (Å²) in [6.07, 6.45) is 31.3. The molecule has 0 radical (unpaired) electrons. The minimum atomic E-state index is -5.12. The second-order valence-electron chi connectivity index (χ2n) is 17.2. The molecule has 0 saturated carbocycles. The Balaban J connectivity index is 2.53. The van der Waals surface area contributed by atoms with Gasteiger partial charge in [-0.2, -0.15) is 8.42 Å². The molecule has 0 aromatic carbocycles. The first-order valence-electron chi connectivity index (χ1n) is 24.3. The maximum atomic E-state index is 13.1. The topological polar surface area (TPSA) is 212 Å². The first-order chi connectivity index (χ1) is 29.4. The Labute approximate surface area is 370 Å². The number of unbranched alkanes of at least 4 members (excludes halogenated alkanes) is 26. The monoisotopic (exact) mass is 892 g/mol. The Morgan fingerprint density at radius 3 is 1.56 bits per heavy atom. The Morgan fingerprint density at radius 2 is 1.08 bits per heavy atom. The molecule has 0 aliphatic carbocycles. The van der Waals surface area contributed by atoms with Crippen LogP contribution in [0.2, 0.25) is 0 Å². The quantitative estimate of drug-likeness (QED) is 0.0175. The third-order valence-corrected chi connectivity index (χ3v) is 12.0. The van der Waals surface area contributed by atoms with Crippen molar-refractivity contribution in [2.75, 3.05) is 13.2 Å². The van der Waals surface area contributed by atoms with Crippen LogP contribution in [0.15, 0.2) is 24.3 Å². The van der Waals surface area contributed by atoms with Crippen LogP contribution >= 0.6 is 0 Å². The molecular weight excluding hydrogens is 803 g/mol. The Morgan fingerprint density at radius 1 is 0.656 bits per heavy atom. The second-order valence-corrected chi connectivity index (χ2v) is 18.2. The van der Waals surface area contributed by atoms with Gasteiger partial charge >= 0.3 is 10.4 Å². The molecule has 13 nitrogen and oxygen atoms in total. The summed E-state index contributed by atoms with van der Waals surface area (Å²) < 4.78 is 47.5. The van der Waals surface area contributed by atoms with Gasteiger partial charge in [0.2, 0.25) is 5.91 Å². The lowest BCUT2D eigenvalue weighted by molar-refractivity contribution is -0.298. The van der Waals surface area contributed by atoms with Crippen LogP contribution in [0.4, 0.5) is 0 Å². The van der Waals surface area contributed by atoms with E-state index < -0.39 is 78.5 Å². The van der Waals surface area contributed by atoms with Crippen molar-refractivity contribution in [3.05, 3.63) is 24.3 Å². The molecule has 0 aromatic rings. The van der Waals surface area contributed by atoms with Gasteiger partial charge in [-0.3, -0.25) is 9.35 Å². The summed E-state index contributed by atoms with van der Waals surface area (Å²) in [6, 6.07) is -1.12. The molecule has 8 atom stereocenters. The van der Waals surface area contributed by atoms with Crippen molar-refractivity contribution in [2.45, 2.75) is 255 Å². The first kappa shape index (κ1) is 57.6. The van der Waals surface area contributed by atoms with Crippen molar-refractivity contribution in [2.24, 2.45) is 0 Å². The van der Waals surface area contributed by atoms with Gasteiger partial charge in [-0.15, -0.1) is 0 Å². The number of hydrogen-bond donors (Lipinski definition) is 7. The average molecular weight is 892 g/mol. The van der Waals surface area contributed by atoms with Gasteiger partial charge in [-0.1, -0.05) is 186 Å². The number of allylic oxidation sites excluding steroid dienone is 3. The van der Waals surface area contributed by atoms with Gasteiger partial charge in [0.25, 0.3) is 0 Å². The minimum Gasteiger partial charge on any atom is -0.394 e. The summed E-state index contributed by atoms with van der Waals surface area (Å²) in [5.41, 5.74) is 0. The smallest absolute Gasteiger partial charge is 0.394 e. The molecule has 1 fully saturated rings. The number of hydrogen-bond acceptors (Lipinski definition) is 11. The van der Waals surface area contributed by atoms with Gasteiger partial charge in [-0.25, -0.2) is 4.18 Å². The third kappa shape index (κ3) is 30.3. The maximum Gasteiger partial charge on any atom is 0.397 e.